The molecule has 0 aromatic carbocycles. The Labute approximate surface area is 192 Å². The van der Waals surface area contributed by atoms with Crippen LogP contribution in [0.2, 0.25) is 0 Å². The molecule has 30 heavy (non-hydrogen) atoms. The SMILES string of the molecule is CCNC(=NCCC(O)(c1nccn1C)C(F)(F)F)NC1CCN(C2CC2)CC1.I. The fourth-order valence-electron chi connectivity index (χ4n) is 3.84. The number of aromatic nitrogens is 2. The standard InChI is InChI=1S/C19H31F3N6O.HI/c1-3-23-17(26-14-6-11-28(12-7-14)15-4-5-15)25-9-8-18(29,19(20,21)22)16-24-10-13-27(16)2;/h10,13-15,29H,3-9,11-12H2,1-2H3,(H2,23,25,26);1H. The van der Waals surface area contributed by atoms with E-state index in [1.165, 1.54) is 36.9 Å². The molecule has 1 aromatic heterocycles. The zero-order valence-corrected chi connectivity index (χ0v) is 19.8. The maximum absolute atomic E-state index is 13.6. The van der Waals surface area contributed by atoms with E-state index in [4.69, 9.17) is 0 Å². The summed E-state index contributed by atoms with van der Waals surface area (Å²) in [5, 5.41) is 16.8. The van der Waals surface area contributed by atoms with Gasteiger partial charge in [-0.05, 0) is 32.6 Å². The number of aliphatic imine (C=N–C) groups is 1. The highest BCUT2D eigenvalue weighted by Gasteiger charge is 2.57. The predicted octanol–water partition coefficient (Wildman–Crippen LogP) is 2.36. The highest BCUT2D eigenvalue weighted by atomic mass is 127. The van der Waals surface area contributed by atoms with Crippen molar-refractivity contribution < 1.29 is 18.3 Å². The van der Waals surface area contributed by atoms with Crippen molar-refractivity contribution in [2.75, 3.05) is 26.2 Å². The molecule has 0 spiro atoms. The summed E-state index contributed by atoms with van der Waals surface area (Å²) < 4.78 is 42.0. The zero-order chi connectivity index (χ0) is 21.1. The smallest absolute Gasteiger partial charge is 0.374 e. The van der Waals surface area contributed by atoms with Gasteiger partial charge in [-0.15, -0.1) is 24.0 Å². The number of aryl methyl sites for hydroxylation is 1. The van der Waals surface area contributed by atoms with Crippen LogP contribution in [0, 0.1) is 0 Å². The van der Waals surface area contributed by atoms with Crippen molar-refractivity contribution >= 4 is 29.9 Å². The molecule has 0 radical (unpaired) electrons. The lowest BCUT2D eigenvalue weighted by molar-refractivity contribution is -0.272. The van der Waals surface area contributed by atoms with E-state index >= 15 is 0 Å². The van der Waals surface area contributed by atoms with Gasteiger partial charge in [-0.3, -0.25) is 4.99 Å². The summed E-state index contributed by atoms with van der Waals surface area (Å²) in [5.41, 5.74) is -3.04. The van der Waals surface area contributed by atoms with Gasteiger partial charge in [-0.2, -0.15) is 13.2 Å². The molecule has 11 heteroatoms. The number of likely N-dealkylation sites (tertiary alicyclic amines) is 1. The lowest BCUT2D eigenvalue weighted by atomic mass is 9.98. The Morgan fingerprint density at radius 1 is 1.27 bits per heavy atom. The number of rotatable bonds is 7. The molecule has 1 saturated heterocycles. The monoisotopic (exact) mass is 544 g/mol. The zero-order valence-electron chi connectivity index (χ0n) is 17.5. The van der Waals surface area contributed by atoms with Gasteiger partial charge in [-0.1, -0.05) is 0 Å². The van der Waals surface area contributed by atoms with Gasteiger partial charge in [0.15, 0.2) is 5.96 Å². The minimum atomic E-state index is -4.84. The number of hydrogen-bond donors (Lipinski definition) is 3. The Morgan fingerprint density at radius 2 is 1.93 bits per heavy atom. The molecular weight excluding hydrogens is 512 g/mol. The van der Waals surface area contributed by atoms with Gasteiger partial charge < -0.3 is 25.2 Å². The topological polar surface area (TPSA) is 77.7 Å². The maximum atomic E-state index is 13.6. The van der Waals surface area contributed by atoms with E-state index in [0.717, 1.165) is 32.0 Å². The quantitative estimate of drug-likeness (QED) is 0.279. The molecule has 1 atom stereocenters. The van der Waals surface area contributed by atoms with Gasteiger partial charge in [0.05, 0.1) is 0 Å². The highest BCUT2D eigenvalue weighted by molar-refractivity contribution is 14.0. The first-order valence-corrected chi connectivity index (χ1v) is 10.3. The molecule has 0 bridgehead atoms. The first-order chi connectivity index (χ1) is 13.7. The average Bonchev–Trinajstić information content (AvgIpc) is 3.42. The van der Waals surface area contributed by atoms with E-state index in [0.29, 0.717) is 12.5 Å². The number of hydrogen-bond acceptors (Lipinski definition) is 4. The van der Waals surface area contributed by atoms with Crippen LogP contribution in [0.3, 0.4) is 0 Å². The summed E-state index contributed by atoms with van der Waals surface area (Å²) in [6, 6.07) is 1.00. The molecule has 3 rings (SSSR count). The molecule has 0 amide bonds. The van der Waals surface area contributed by atoms with Gasteiger partial charge >= 0.3 is 6.18 Å². The number of imidazole rings is 1. The molecule has 1 aromatic rings. The van der Waals surface area contributed by atoms with Gasteiger partial charge in [0.1, 0.15) is 5.82 Å². The van der Waals surface area contributed by atoms with Crippen molar-refractivity contribution in [3.8, 4) is 0 Å². The van der Waals surface area contributed by atoms with E-state index in [9.17, 15) is 18.3 Å². The third kappa shape index (κ3) is 6.00. The molecule has 2 aliphatic rings. The second-order valence-electron chi connectivity index (χ2n) is 7.92. The second-order valence-corrected chi connectivity index (χ2v) is 7.92. The Morgan fingerprint density at radius 3 is 2.43 bits per heavy atom. The molecular formula is C19H32F3IN6O. The first kappa shape index (κ1) is 25.2. The van der Waals surface area contributed by atoms with E-state index < -0.39 is 24.0 Å². The predicted molar refractivity (Wildman–Crippen MR) is 120 cm³/mol. The molecule has 1 aliphatic heterocycles. The van der Waals surface area contributed by atoms with Crippen LogP contribution < -0.4 is 10.6 Å². The summed E-state index contributed by atoms with van der Waals surface area (Å²) >= 11 is 0. The maximum Gasteiger partial charge on any atom is 0.424 e. The molecule has 1 saturated carbocycles. The van der Waals surface area contributed by atoms with Crippen LogP contribution in [0.1, 0.15) is 44.9 Å². The fourth-order valence-corrected chi connectivity index (χ4v) is 3.84. The van der Waals surface area contributed by atoms with Crippen LogP contribution in [-0.4, -0.2) is 70.0 Å². The van der Waals surface area contributed by atoms with Crippen LogP contribution in [0.25, 0.3) is 0 Å². The third-order valence-electron chi connectivity index (χ3n) is 5.68. The van der Waals surface area contributed by atoms with Crippen LogP contribution in [0.5, 0.6) is 0 Å². The molecule has 1 aliphatic carbocycles. The van der Waals surface area contributed by atoms with Crippen LogP contribution in [-0.2, 0) is 12.6 Å². The molecule has 2 fully saturated rings. The fraction of sp³-hybridized carbons (Fsp3) is 0.789. The van der Waals surface area contributed by atoms with E-state index in [1.807, 2.05) is 6.92 Å². The van der Waals surface area contributed by atoms with Gasteiger partial charge in [0.25, 0.3) is 0 Å². The lowest BCUT2D eigenvalue weighted by Gasteiger charge is -2.33. The summed E-state index contributed by atoms with van der Waals surface area (Å²) in [4.78, 5) is 10.5. The van der Waals surface area contributed by atoms with Crippen molar-refractivity contribution in [2.24, 2.45) is 12.0 Å². The Hall–Kier alpha value is -1.08. The van der Waals surface area contributed by atoms with Gasteiger partial charge in [0.2, 0.25) is 5.60 Å². The van der Waals surface area contributed by atoms with Crippen LogP contribution in [0.15, 0.2) is 17.4 Å². The minimum absolute atomic E-state index is 0. The molecule has 2 heterocycles. The summed E-state index contributed by atoms with van der Waals surface area (Å²) in [6.45, 7) is 4.41. The van der Waals surface area contributed by atoms with Crippen molar-refractivity contribution in [1.82, 2.24) is 25.1 Å². The van der Waals surface area contributed by atoms with E-state index in [1.54, 1.807) is 0 Å². The number of nitrogens with one attached hydrogen (secondary N) is 2. The minimum Gasteiger partial charge on any atom is -0.374 e. The Balaban J connectivity index is 0.00000320. The largest absolute Gasteiger partial charge is 0.424 e. The van der Waals surface area contributed by atoms with Crippen LogP contribution >= 0.6 is 24.0 Å². The van der Waals surface area contributed by atoms with Crippen molar-refractivity contribution in [2.45, 2.75) is 62.9 Å². The molecule has 1 unspecified atom stereocenters. The first-order valence-electron chi connectivity index (χ1n) is 10.3. The Bertz CT molecular complexity index is 701. The number of nitrogens with zero attached hydrogens (tertiary/aromatic N) is 4. The highest BCUT2D eigenvalue weighted by Crippen LogP contribution is 2.40. The number of alkyl halides is 3. The molecule has 3 N–H and O–H groups in total. The lowest BCUT2D eigenvalue weighted by Crippen LogP contribution is -2.49. The summed E-state index contributed by atoms with van der Waals surface area (Å²) in [5.74, 6) is 0.0624. The van der Waals surface area contributed by atoms with E-state index in [-0.39, 0.29) is 36.6 Å². The second kappa shape index (κ2) is 10.5. The Kier molecular flexibility index (Phi) is 8.80. The normalized spacial score (nSPS) is 21.1. The van der Waals surface area contributed by atoms with Crippen molar-refractivity contribution in [3.05, 3.63) is 18.2 Å². The third-order valence-corrected chi connectivity index (χ3v) is 5.68. The summed E-state index contributed by atoms with van der Waals surface area (Å²) in [7, 11) is 1.43. The van der Waals surface area contributed by atoms with Crippen molar-refractivity contribution in [1.29, 1.82) is 0 Å². The number of halogens is 4. The van der Waals surface area contributed by atoms with Crippen molar-refractivity contribution in [3.63, 3.8) is 0 Å². The van der Waals surface area contributed by atoms with Crippen LogP contribution in [0.4, 0.5) is 13.2 Å². The number of piperidine rings is 1. The average molecular weight is 544 g/mol. The molecule has 7 nitrogen and oxygen atoms in total. The number of aliphatic hydroxyl groups is 1. The summed E-state index contributed by atoms with van der Waals surface area (Å²) in [6.07, 6.45) is 1.74. The number of guanidine groups is 1. The molecule has 172 valence electrons. The van der Waals surface area contributed by atoms with Gasteiger partial charge in [-0.25, -0.2) is 4.98 Å². The van der Waals surface area contributed by atoms with E-state index in [2.05, 4.69) is 25.5 Å². The van der Waals surface area contributed by atoms with Gasteiger partial charge in [0, 0.05) is 64.1 Å².